The summed E-state index contributed by atoms with van der Waals surface area (Å²) in [5.74, 6) is -0.163. The first kappa shape index (κ1) is 22.6. The van der Waals surface area contributed by atoms with Gasteiger partial charge in [-0.1, -0.05) is 18.2 Å². The fraction of sp³-hybridized carbons (Fsp3) is 0.417. The Bertz CT molecular complexity index is 921. The van der Waals surface area contributed by atoms with Crippen LogP contribution < -0.4 is 10.2 Å². The van der Waals surface area contributed by atoms with E-state index < -0.39 is 5.97 Å². The Morgan fingerprint density at radius 2 is 1.90 bits per heavy atom. The largest absolute Gasteiger partial charge is 0.478 e. The van der Waals surface area contributed by atoms with Crippen LogP contribution in [0.1, 0.15) is 27.9 Å². The van der Waals surface area contributed by atoms with Crippen LogP contribution >= 0.6 is 0 Å². The normalized spacial score (nSPS) is 14.6. The number of methoxy groups -OCH3 is 1. The molecule has 2 aromatic rings. The van der Waals surface area contributed by atoms with Crippen LogP contribution in [-0.2, 0) is 4.74 Å². The molecule has 0 aromatic heterocycles. The molecule has 1 heterocycles. The molecule has 2 N–H and O–H groups in total. The van der Waals surface area contributed by atoms with E-state index >= 15 is 0 Å². The molecule has 166 valence electrons. The van der Waals surface area contributed by atoms with Crippen LogP contribution in [0, 0.1) is 13.8 Å². The van der Waals surface area contributed by atoms with Crippen LogP contribution in [0.3, 0.4) is 0 Å². The molecule has 0 amide bonds. The third-order valence-electron chi connectivity index (χ3n) is 5.42. The van der Waals surface area contributed by atoms with Gasteiger partial charge in [-0.2, -0.15) is 0 Å². The second-order valence-corrected chi connectivity index (χ2v) is 7.83. The molecule has 1 aliphatic heterocycles. The average molecular weight is 425 g/mol. The molecule has 1 aliphatic rings. The van der Waals surface area contributed by atoms with Crippen LogP contribution in [0.4, 0.5) is 11.4 Å². The molecule has 2 aromatic carbocycles. The highest BCUT2D eigenvalue weighted by molar-refractivity contribution is 5.96. The zero-order chi connectivity index (χ0) is 22.2. The Morgan fingerprint density at radius 3 is 2.61 bits per heavy atom. The van der Waals surface area contributed by atoms with Gasteiger partial charge < -0.3 is 25.0 Å². The van der Waals surface area contributed by atoms with Crippen molar-refractivity contribution >= 4 is 23.3 Å². The Hall–Kier alpha value is -3.06. The fourth-order valence-electron chi connectivity index (χ4n) is 3.69. The van der Waals surface area contributed by atoms with Gasteiger partial charge in [0, 0.05) is 57.8 Å². The number of anilines is 2. The highest BCUT2D eigenvalue weighted by Crippen LogP contribution is 2.23. The first-order valence-electron chi connectivity index (χ1n) is 10.7. The molecule has 3 rings (SSSR count). The molecule has 0 radical (unpaired) electrons. The van der Waals surface area contributed by atoms with Crippen LogP contribution in [0.15, 0.2) is 47.5 Å². The Labute approximate surface area is 184 Å². The number of aromatic carboxylic acids is 1. The minimum Gasteiger partial charge on any atom is -0.478 e. The van der Waals surface area contributed by atoms with E-state index in [1.54, 1.807) is 25.3 Å². The predicted molar refractivity (Wildman–Crippen MR) is 126 cm³/mol. The summed E-state index contributed by atoms with van der Waals surface area (Å²) in [6.07, 6.45) is 0.833. The number of aliphatic imine (C=N–C) groups is 1. The third-order valence-corrected chi connectivity index (χ3v) is 5.42. The molecule has 7 nitrogen and oxygen atoms in total. The zero-order valence-electron chi connectivity index (χ0n) is 18.6. The molecule has 1 saturated heterocycles. The van der Waals surface area contributed by atoms with Gasteiger partial charge >= 0.3 is 5.97 Å². The number of piperazine rings is 1. The summed E-state index contributed by atoms with van der Waals surface area (Å²) in [5, 5.41) is 12.6. The van der Waals surface area contributed by atoms with E-state index in [9.17, 15) is 9.90 Å². The number of carboxylic acids is 1. The van der Waals surface area contributed by atoms with Crippen LogP contribution in [-0.4, -0.2) is 68.4 Å². The molecule has 0 unspecified atom stereocenters. The smallest absolute Gasteiger partial charge is 0.335 e. The number of nitrogens with one attached hydrogen (secondary N) is 1. The highest BCUT2D eigenvalue weighted by Gasteiger charge is 2.21. The Balaban J connectivity index is 1.72. The van der Waals surface area contributed by atoms with E-state index in [1.165, 1.54) is 16.8 Å². The van der Waals surface area contributed by atoms with Gasteiger partial charge in [-0.15, -0.1) is 0 Å². The molecule has 31 heavy (non-hydrogen) atoms. The van der Waals surface area contributed by atoms with E-state index in [0.29, 0.717) is 13.2 Å². The number of hydrogen-bond acceptors (Lipinski definition) is 4. The quantitative estimate of drug-likeness (QED) is 0.402. The number of carboxylic acid groups (broad SMARTS) is 1. The number of guanidine groups is 1. The van der Waals surface area contributed by atoms with Gasteiger partial charge in [0.15, 0.2) is 5.96 Å². The van der Waals surface area contributed by atoms with E-state index in [-0.39, 0.29) is 5.56 Å². The van der Waals surface area contributed by atoms with Crippen LogP contribution in [0.25, 0.3) is 0 Å². The van der Waals surface area contributed by atoms with Crippen molar-refractivity contribution in [2.45, 2.75) is 20.3 Å². The molecule has 0 bridgehead atoms. The van der Waals surface area contributed by atoms with E-state index in [1.807, 2.05) is 6.07 Å². The Kier molecular flexibility index (Phi) is 7.89. The number of benzene rings is 2. The lowest BCUT2D eigenvalue weighted by Crippen LogP contribution is -2.51. The summed E-state index contributed by atoms with van der Waals surface area (Å²) in [5.41, 5.74) is 4.82. The summed E-state index contributed by atoms with van der Waals surface area (Å²) in [6, 6.07) is 13.4. The van der Waals surface area contributed by atoms with Gasteiger partial charge in [0.2, 0.25) is 0 Å². The van der Waals surface area contributed by atoms with Crippen molar-refractivity contribution in [2.24, 2.45) is 4.99 Å². The average Bonchev–Trinajstić information content (AvgIpc) is 2.78. The molecular formula is C24H32N4O3. The summed E-state index contributed by atoms with van der Waals surface area (Å²) >= 11 is 0. The number of ether oxygens (including phenoxy) is 1. The number of hydrogen-bond donors (Lipinski definition) is 2. The monoisotopic (exact) mass is 424 g/mol. The van der Waals surface area contributed by atoms with Gasteiger partial charge in [0.1, 0.15) is 0 Å². The number of nitrogens with zero attached hydrogens (tertiary/aromatic N) is 3. The van der Waals surface area contributed by atoms with E-state index in [2.05, 4.69) is 47.2 Å². The van der Waals surface area contributed by atoms with Gasteiger partial charge in [-0.05, 0) is 55.7 Å². The van der Waals surface area contributed by atoms with Crippen molar-refractivity contribution in [2.75, 3.05) is 56.7 Å². The number of aryl methyl sites for hydroxylation is 2. The Morgan fingerprint density at radius 1 is 1.13 bits per heavy atom. The lowest BCUT2D eigenvalue weighted by molar-refractivity contribution is 0.0697. The van der Waals surface area contributed by atoms with Gasteiger partial charge in [0.05, 0.1) is 5.56 Å². The lowest BCUT2D eigenvalue weighted by Gasteiger charge is -2.38. The first-order chi connectivity index (χ1) is 15.0. The van der Waals surface area contributed by atoms with E-state index in [4.69, 9.17) is 9.73 Å². The predicted octanol–water partition coefficient (Wildman–Crippen LogP) is 3.63. The second-order valence-electron chi connectivity index (χ2n) is 7.83. The molecule has 0 aliphatic carbocycles. The summed E-state index contributed by atoms with van der Waals surface area (Å²) in [4.78, 5) is 20.7. The van der Waals surface area contributed by atoms with Crippen molar-refractivity contribution in [1.82, 2.24) is 4.90 Å². The van der Waals surface area contributed by atoms with Gasteiger partial charge in [-0.3, -0.25) is 4.99 Å². The van der Waals surface area contributed by atoms with Crippen LogP contribution in [0.2, 0.25) is 0 Å². The maximum Gasteiger partial charge on any atom is 0.335 e. The first-order valence-corrected chi connectivity index (χ1v) is 10.7. The van der Waals surface area contributed by atoms with Crippen molar-refractivity contribution < 1.29 is 14.6 Å². The lowest BCUT2D eigenvalue weighted by atomic mass is 10.1. The molecule has 0 spiro atoms. The molecule has 1 fully saturated rings. The van der Waals surface area contributed by atoms with Crippen LogP contribution in [0.5, 0.6) is 0 Å². The van der Waals surface area contributed by atoms with Crippen molar-refractivity contribution in [1.29, 1.82) is 0 Å². The van der Waals surface area contributed by atoms with Gasteiger partial charge in [-0.25, -0.2) is 4.79 Å². The minimum absolute atomic E-state index is 0.253. The standard InChI is InChI=1S/C24H32N4O3/c1-18-8-9-19(2)22(16-18)27-11-13-28(14-12-27)24(25-10-5-15-31-3)26-21-7-4-6-20(17-21)23(29)30/h4,6-9,16-17H,5,10-15H2,1-3H3,(H,25,26)(H,29,30). The number of carbonyl (C=O) groups is 1. The molecular weight excluding hydrogens is 392 g/mol. The van der Waals surface area contributed by atoms with Crippen molar-refractivity contribution in [3.8, 4) is 0 Å². The maximum atomic E-state index is 11.3. The third kappa shape index (κ3) is 6.21. The van der Waals surface area contributed by atoms with Gasteiger partial charge in [0.25, 0.3) is 0 Å². The molecule has 0 saturated carbocycles. The molecule has 7 heteroatoms. The maximum absolute atomic E-state index is 11.3. The summed E-state index contributed by atoms with van der Waals surface area (Å²) in [6.45, 7) is 9.05. The summed E-state index contributed by atoms with van der Waals surface area (Å²) < 4.78 is 5.14. The fourth-order valence-corrected chi connectivity index (χ4v) is 3.69. The second kappa shape index (κ2) is 10.8. The zero-order valence-corrected chi connectivity index (χ0v) is 18.6. The highest BCUT2D eigenvalue weighted by atomic mass is 16.5. The molecule has 0 atom stereocenters. The van der Waals surface area contributed by atoms with E-state index in [0.717, 1.165) is 44.2 Å². The number of rotatable bonds is 7. The van der Waals surface area contributed by atoms with Crippen molar-refractivity contribution in [3.05, 3.63) is 59.2 Å². The SMILES string of the molecule is COCCCN=C(Nc1cccc(C(=O)O)c1)N1CCN(c2cc(C)ccc2C)CC1. The topological polar surface area (TPSA) is 77.4 Å². The summed E-state index contributed by atoms with van der Waals surface area (Å²) in [7, 11) is 1.69. The van der Waals surface area contributed by atoms with Crippen molar-refractivity contribution in [3.63, 3.8) is 0 Å². The minimum atomic E-state index is -0.940.